The SMILES string of the molecule is CC(C)CN1CCC(C(=O)O)=CC=C1Br. The Balaban J connectivity index is 2.69. The van der Waals surface area contributed by atoms with E-state index in [4.69, 9.17) is 5.11 Å². The van der Waals surface area contributed by atoms with E-state index in [0.717, 1.165) is 17.7 Å². The molecule has 1 N–H and O–H groups in total. The van der Waals surface area contributed by atoms with Crippen molar-refractivity contribution in [3.8, 4) is 0 Å². The Morgan fingerprint density at radius 1 is 1.60 bits per heavy atom. The Kier molecular flexibility index (Phi) is 4.39. The van der Waals surface area contributed by atoms with Crippen LogP contribution < -0.4 is 0 Å². The van der Waals surface area contributed by atoms with Gasteiger partial charge in [0.15, 0.2) is 0 Å². The van der Waals surface area contributed by atoms with Crippen molar-refractivity contribution in [2.45, 2.75) is 20.3 Å². The van der Waals surface area contributed by atoms with Crippen molar-refractivity contribution in [1.82, 2.24) is 4.90 Å². The molecule has 1 aliphatic heterocycles. The minimum Gasteiger partial charge on any atom is -0.478 e. The zero-order valence-corrected chi connectivity index (χ0v) is 10.6. The van der Waals surface area contributed by atoms with Gasteiger partial charge in [-0.2, -0.15) is 0 Å². The first kappa shape index (κ1) is 12.3. The van der Waals surface area contributed by atoms with E-state index in [0.29, 0.717) is 17.9 Å². The topological polar surface area (TPSA) is 40.5 Å². The van der Waals surface area contributed by atoms with Crippen LogP contribution in [-0.4, -0.2) is 29.1 Å². The maximum absolute atomic E-state index is 10.8. The van der Waals surface area contributed by atoms with E-state index in [2.05, 4.69) is 34.7 Å². The summed E-state index contributed by atoms with van der Waals surface area (Å²) in [6, 6.07) is 0. The molecule has 0 amide bonds. The summed E-state index contributed by atoms with van der Waals surface area (Å²) in [4.78, 5) is 13.0. The third kappa shape index (κ3) is 3.70. The largest absolute Gasteiger partial charge is 0.478 e. The minimum absolute atomic E-state index is 0.471. The van der Waals surface area contributed by atoms with Crippen LogP contribution in [0.15, 0.2) is 22.3 Å². The van der Waals surface area contributed by atoms with Gasteiger partial charge in [-0.1, -0.05) is 13.8 Å². The number of aliphatic carboxylic acids is 1. The molecule has 0 aromatic heterocycles. The van der Waals surface area contributed by atoms with E-state index >= 15 is 0 Å². The molecule has 84 valence electrons. The number of rotatable bonds is 3. The van der Waals surface area contributed by atoms with Crippen LogP contribution in [0.25, 0.3) is 0 Å². The molecule has 0 aliphatic carbocycles. The van der Waals surface area contributed by atoms with Crippen LogP contribution in [-0.2, 0) is 4.79 Å². The number of allylic oxidation sites excluding steroid dienone is 2. The summed E-state index contributed by atoms with van der Waals surface area (Å²) < 4.78 is 0.965. The van der Waals surface area contributed by atoms with E-state index in [1.807, 2.05) is 6.08 Å². The van der Waals surface area contributed by atoms with Crippen LogP contribution in [0.2, 0.25) is 0 Å². The maximum Gasteiger partial charge on any atom is 0.331 e. The van der Waals surface area contributed by atoms with Crippen molar-refractivity contribution in [3.05, 3.63) is 22.3 Å². The Labute approximate surface area is 98.6 Å². The van der Waals surface area contributed by atoms with Crippen molar-refractivity contribution >= 4 is 21.9 Å². The van der Waals surface area contributed by atoms with Crippen molar-refractivity contribution in [2.75, 3.05) is 13.1 Å². The molecule has 1 heterocycles. The molecule has 1 aliphatic rings. The fourth-order valence-corrected chi connectivity index (χ4v) is 1.97. The lowest BCUT2D eigenvalue weighted by Gasteiger charge is -2.24. The Bertz CT molecular complexity index is 308. The van der Waals surface area contributed by atoms with Crippen LogP contribution in [0, 0.1) is 5.92 Å². The smallest absolute Gasteiger partial charge is 0.331 e. The molecule has 4 heteroatoms. The van der Waals surface area contributed by atoms with Gasteiger partial charge in [0.2, 0.25) is 0 Å². The zero-order chi connectivity index (χ0) is 11.4. The number of nitrogens with zero attached hydrogens (tertiary/aromatic N) is 1. The molecule has 0 unspecified atom stereocenters. The van der Waals surface area contributed by atoms with Gasteiger partial charge in [0.1, 0.15) is 0 Å². The third-order valence-corrected chi connectivity index (χ3v) is 3.00. The number of carbonyl (C=O) groups is 1. The summed E-state index contributed by atoms with van der Waals surface area (Å²) >= 11 is 3.46. The van der Waals surface area contributed by atoms with Gasteiger partial charge in [0.25, 0.3) is 0 Å². The summed E-state index contributed by atoms with van der Waals surface area (Å²) in [6.07, 6.45) is 4.08. The summed E-state index contributed by atoms with van der Waals surface area (Å²) in [7, 11) is 0. The molecular weight excluding hydrogens is 258 g/mol. The molecular formula is C11H16BrNO2. The average molecular weight is 274 g/mol. The average Bonchev–Trinajstić information content (AvgIpc) is 2.29. The van der Waals surface area contributed by atoms with E-state index in [-0.39, 0.29) is 0 Å². The first-order valence-electron chi connectivity index (χ1n) is 5.05. The fraction of sp³-hybridized carbons (Fsp3) is 0.545. The van der Waals surface area contributed by atoms with Gasteiger partial charge in [-0.3, -0.25) is 0 Å². The van der Waals surface area contributed by atoms with Crippen molar-refractivity contribution in [1.29, 1.82) is 0 Å². The van der Waals surface area contributed by atoms with E-state index in [1.165, 1.54) is 0 Å². The lowest BCUT2D eigenvalue weighted by atomic mass is 10.1. The lowest BCUT2D eigenvalue weighted by molar-refractivity contribution is -0.132. The molecule has 0 aromatic rings. The number of carboxylic acid groups (broad SMARTS) is 1. The fourth-order valence-electron chi connectivity index (χ4n) is 1.52. The molecule has 0 bridgehead atoms. The predicted molar refractivity (Wildman–Crippen MR) is 63.8 cm³/mol. The molecule has 0 radical (unpaired) electrons. The second-order valence-corrected chi connectivity index (χ2v) is 4.89. The van der Waals surface area contributed by atoms with Crippen LogP contribution in [0.5, 0.6) is 0 Å². The van der Waals surface area contributed by atoms with Crippen molar-refractivity contribution in [2.24, 2.45) is 5.92 Å². The number of hydrogen-bond donors (Lipinski definition) is 1. The van der Waals surface area contributed by atoms with Crippen LogP contribution in [0.3, 0.4) is 0 Å². The first-order valence-corrected chi connectivity index (χ1v) is 5.84. The van der Waals surface area contributed by atoms with Crippen LogP contribution in [0.1, 0.15) is 20.3 Å². The van der Waals surface area contributed by atoms with Gasteiger partial charge in [0.05, 0.1) is 4.61 Å². The lowest BCUT2D eigenvalue weighted by Crippen LogP contribution is -2.26. The molecule has 0 spiro atoms. The maximum atomic E-state index is 10.8. The van der Waals surface area contributed by atoms with Gasteiger partial charge in [-0.15, -0.1) is 0 Å². The van der Waals surface area contributed by atoms with Gasteiger partial charge < -0.3 is 10.0 Å². The number of carboxylic acids is 1. The molecule has 0 atom stereocenters. The third-order valence-electron chi connectivity index (χ3n) is 2.24. The summed E-state index contributed by atoms with van der Waals surface area (Å²) in [5.41, 5.74) is 0.471. The van der Waals surface area contributed by atoms with Crippen LogP contribution >= 0.6 is 15.9 Å². The first-order chi connectivity index (χ1) is 7.00. The molecule has 1 rings (SSSR count). The molecule has 3 nitrogen and oxygen atoms in total. The van der Waals surface area contributed by atoms with E-state index in [9.17, 15) is 4.79 Å². The van der Waals surface area contributed by atoms with Crippen molar-refractivity contribution in [3.63, 3.8) is 0 Å². The van der Waals surface area contributed by atoms with Crippen LogP contribution in [0.4, 0.5) is 0 Å². The molecule has 15 heavy (non-hydrogen) atoms. The van der Waals surface area contributed by atoms with Gasteiger partial charge in [-0.25, -0.2) is 4.79 Å². The quantitative estimate of drug-likeness (QED) is 0.804. The van der Waals surface area contributed by atoms with E-state index < -0.39 is 5.97 Å². The molecule has 0 aromatic carbocycles. The van der Waals surface area contributed by atoms with E-state index in [1.54, 1.807) is 6.08 Å². The predicted octanol–water partition coefficient (Wildman–Crippen LogP) is 2.60. The zero-order valence-electron chi connectivity index (χ0n) is 9.03. The molecule has 0 saturated carbocycles. The highest BCUT2D eigenvalue weighted by Gasteiger charge is 2.15. The second-order valence-electron chi connectivity index (χ2n) is 4.08. The molecule has 0 saturated heterocycles. The highest BCUT2D eigenvalue weighted by Crippen LogP contribution is 2.20. The highest BCUT2D eigenvalue weighted by molar-refractivity contribution is 9.11. The summed E-state index contributed by atoms with van der Waals surface area (Å²) in [6.45, 7) is 6.00. The monoisotopic (exact) mass is 273 g/mol. The Morgan fingerprint density at radius 2 is 2.27 bits per heavy atom. The Hall–Kier alpha value is -0.770. The number of hydrogen-bond acceptors (Lipinski definition) is 2. The minimum atomic E-state index is -0.821. The Morgan fingerprint density at radius 3 is 2.80 bits per heavy atom. The highest BCUT2D eigenvalue weighted by atomic mass is 79.9. The number of halogens is 1. The summed E-state index contributed by atoms with van der Waals surface area (Å²) in [5, 5.41) is 8.89. The van der Waals surface area contributed by atoms with Crippen molar-refractivity contribution < 1.29 is 9.90 Å². The standard InChI is InChI=1S/C11H16BrNO2/c1-8(2)7-13-6-5-9(11(14)15)3-4-10(13)12/h3-4,8H,5-7H2,1-2H3,(H,14,15). The normalized spacial score (nSPS) is 17.2. The van der Waals surface area contributed by atoms with Gasteiger partial charge in [0, 0.05) is 18.7 Å². The summed E-state index contributed by atoms with van der Waals surface area (Å²) in [5.74, 6) is -0.254. The molecule has 0 fully saturated rings. The van der Waals surface area contributed by atoms with Gasteiger partial charge >= 0.3 is 5.97 Å². The second kappa shape index (κ2) is 5.35. The van der Waals surface area contributed by atoms with Gasteiger partial charge in [-0.05, 0) is 40.4 Å².